The van der Waals surface area contributed by atoms with Gasteiger partial charge < -0.3 is 24.4 Å². The van der Waals surface area contributed by atoms with Gasteiger partial charge >= 0.3 is 18.0 Å². The van der Waals surface area contributed by atoms with Crippen molar-refractivity contribution in [2.24, 2.45) is 5.41 Å². The summed E-state index contributed by atoms with van der Waals surface area (Å²) in [5.41, 5.74) is -0.113. The zero-order valence-electron chi connectivity index (χ0n) is 19.6. The Morgan fingerprint density at radius 3 is 2.26 bits per heavy atom. The van der Waals surface area contributed by atoms with Crippen LogP contribution in [0.5, 0.6) is 0 Å². The first-order valence-corrected chi connectivity index (χ1v) is 12.1. The number of alkyl carbamates (subject to hydrolysis) is 1. The van der Waals surface area contributed by atoms with Crippen LogP contribution in [0.25, 0.3) is 0 Å². The van der Waals surface area contributed by atoms with Gasteiger partial charge in [-0.3, -0.25) is 9.59 Å². The Bertz CT molecular complexity index is 1090. The molecular formula is C22H28N2O9S. The monoisotopic (exact) mass is 496 g/mol. The van der Waals surface area contributed by atoms with Gasteiger partial charge in [-0.05, 0) is 40.2 Å². The number of hydrogen-bond acceptors (Lipinski definition) is 9. The molecule has 11 nitrogen and oxygen atoms in total. The third-order valence-electron chi connectivity index (χ3n) is 5.78. The molecule has 0 aromatic heterocycles. The molecule has 0 radical (unpaired) electrons. The first-order valence-electron chi connectivity index (χ1n) is 10.6. The molecule has 0 aliphatic carbocycles. The van der Waals surface area contributed by atoms with Crippen LogP contribution in [0.4, 0.5) is 4.79 Å². The van der Waals surface area contributed by atoms with Crippen LogP contribution in [-0.4, -0.2) is 66.3 Å². The second-order valence-electron chi connectivity index (χ2n) is 9.63. The summed E-state index contributed by atoms with van der Waals surface area (Å²) in [6.07, 6.45) is -0.963. The Hall–Kier alpha value is -3.15. The van der Waals surface area contributed by atoms with E-state index in [1.54, 1.807) is 51.1 Å². The number of benzene rings is 1. The molecule has 0 spiro atoms. The van der Waals surface area contributed by atoms with Crippen molar-refractivity contribution < 1.29 is 41.8 Å². The Morgan fingerprint density at radius 2 is 1.68 bits per heavy atom. The first-order chi connectivity index (χ1) is 15.7. The van der Waals surface area contributed by atoms with Crippen molar-refractivity contribution in [1.82, 2.24) is 10.2 Å². The molecule has 2 saturated heterocycles. The molecule has 34 heavy (non-hydrogen) atoms. The number of ether oxygens (including phenoxy) is 3. The molecule has 1 aromatic rings. The minimum atomic E-state index is -4.09. The van der Waals surface area contributed by atoms with Crippen LogP contribution in [-0.2, 0) is 45.0 Å². The maximum atomic E-state index is 13.1. The van der Waals surface area contributed by atoms with Gasteiger partial charge in [0, 0.05) is 0 Å². The summed E-state index contributed by atoms with van der Waals surface area (Å²) in [5, 5.41) is 0.832. The Morgan fingerprint density at radius 1 is 1.06 bits per heavy atom. The van der Waals surface area contributed by atoms with Crippen molar-refractivity contribution >= 4 is 33.8 Å². The summed E-state index contributed by atoms with van der Waals surface area (Å²) in [7, 11) is -4.09. The average Bonchev–Trinajstić information content (AvgIpc) is 2.90. The minimum absolute atomic E-state index is 0.0670. The lowest BCUT2D eigenvalue weighted by molar-refractivity contribution is -0.180. The number of fused-ring (bicyclic) bond motifs is 1. The third-order valence-corrected chi connectivity index (χ3v) is 8.61. The number of nitrogens with one attached hydrogen (secondary N) is 1. The van der Waals surface area contributed by atoms with Gasteiger partial charge in [0.15, 0.2) is 15.2 Å². The molecular weight excluding hydrogens is 468 g/mol. The summed E-state index contributed by atoms with van der Waals surface area (Å²) >= 11 is 0. The minimum Gasteiger partial charge on any atom is -0.445 e. The normalized spacial score (nSPS) is 24.4. The summed E-state index contributed by atoms with van der Waals surface area (Å²) in [5.74, 6) is -2.41. The molecule has 3 atom stereocenters. The smallest absolute Gasteiger partial charge is 0.408 e. The predicted octanol–water partition coefficient (Wildman–Crippen LogP) is 1.12. The molecule has 1 aromatic carbocycles. The van der Waals surface area contributed by atoms with Crippen molar-refractivity contribution in [3.05, 3.63) is 35.9 Å². The number of sulfone groups is 1. The molecule has 2 fully saturated rings. The highest BCUT2D eigenvalue weighted by Crippen LogP contribution is 2.46. The second-order valence-corrected chi connectivity index (χ2v) is 12.3. The molecule has 186 valence electrons. The molecule has 2 heterocycles. The Kier molecular flexibility index (Phi) is 6.66. The zero-order valence-corrected chi connectivity index (χ0v) is 20.4. The zero-order chi connectivity index (χ0) is 25.5. The number of carbonyl (C=O) groups excluding carboxylic acids is 4. The maximum absolute atomic E-state index is 13.1. The van der Waals surface area contributed by atoms with E-state index in [0.717, 1.165) is 4.90 Å². The van der Waals surface area contributed by atoms with Crippen molar-refractivity contribution in [3.8, 4) is 0 Å². The first kappa shape index (κ1) is 25.5. The van der Waals surface area contributed by atoms with E-state index in [9.17, 15) is 27.6 Å². The number of esters is 2. The molecule has 0 saturated carbocycles. The SMILES string of the molecule is CC(C)(C)C(=O)OCOC(=O)[C@@H]1N2C(=O)C(NC(=O)OCc3ccccc3)[C@H]2S(=O)(=O)C1(C)C. The lowest BCUT2D eigenvalue weighted by Crippen LogP contribution is -2.72. The predicted molar refractivity (Wildman–Crippen MR) is 117 cm³/mol. The van der Waals surface area contributed by atoms with E-state index < -0.39 is 68.2 Å². The molecule has 3 rings (SSSR count). The van der Waals surface area contributed by atoms with E-state index in [0.29, 0.717) is 5.56 Å². The highest BCUT2D eigenvalue weighted by molar-refractivity contribution is 7.94. The van der Waals surface area contributed by atoms with Gasteiger partial charge in [0.05, 0.1) is 5.41 Å². The fourth-order valence-corrected chi connectivity index (χ4v) is 5.96. The largest absolute Gasteiger partial charge is 0.445 e. The van der Waals surface area contributed by atoms with E-state index in [1.807, 2.05) is 0 Å². The van der Waals surface area contributed by atoms with E-state index >= 15 is 0 Å². The van der Waals surface area contributed by atoms with Crippen LogP contribution >= 0.6 is 0 Å². The third kappa shape index (κ3) is 4.46. The number of amides is 2. The van der Waals surface area contributed by atoms with Crippen LogP contribution in [0, 0.1) is 5.41 Å². The lowest BCUT2D eigenvalue weighted by atomic mass is 9.96. The number of nitrogens with zero attached hydrogens (tertiary/aromatic N) is 1. The highest BCUT2D eigenvalue weighted by atomic mass is 32.2. The highest BCUT2D eigenvalue weighted by Gasteiger charge is 2.72. The van der Waals surface area contributed by atoms with Gasteiger partial charge in [0.2, 0.25) is 12.7 Å². The van der Waals surface area contributed by atoms with Crippen LogP contribution in [0.15, 0.2) is 30.3 Å². The van der Waals surface area contributed by atoms with Gasteiger partial charge in [-0.25, -0.2) is 18.0 Å². The molecule has 2 aliphatic heterocycles. The van der Waals surface area contributed by atoms with Gasteiger partial charge in [-0.1, -0.05) is 30.3 Å². The molecule has 0 bridgehead atoms. The van der Waals surface area contributed by atoms with Crippen LogP contribution in [0.2, 0.25) is 0 Å². The Balaban J connectivity index is 1.66. The molecule has 1 N–H and O–H groups in total. The molecule has 12 heteroatoms. The molecule has 2 aliphatic rings. The van der Waals surface area contributed by atoms with Gasteiger partial charge in [0.1, 0.15) is 23.4 Å². The van der Waals surface area contributed by atoms with E-state index in [1.165, 1.54) is 13.8 Å². The van der Waals surface area contributed by atoms with Gasteiger partial charge in [-0.15, -0.1) is 0 Å². The van der Waals surface area contributed by atoms with Gasteiger partial charge in [0.25, 0.3) is 0 Å². The quantitative estimate of drug-likeness (QED) is 0.348. The van der Waals surface area contributed by atoms with Crippen LogP contribution in [0.1, 0.15) is 40.2 Å². The van der Waals surface area contributed by atoms with Gasteiger partial charge in [-0.2, -0.15) is 0 Å². The molecule has 2 amide bonds. The topological polar surface area (TPSA) is 145 Å². The summed E-state index contributed by atoms with van der Waals surface area (Å²) < 4.78 is 39.5. The number of carbonyl (C=O) groups is 4. The van der Waals surface area contributed by atoms with Crippen molar-refractivity contribution in [2.75, 3.05) is 6.79 Å². The standard InChI is InChI=1S/C22H28N2O9S/c1-21(2,3)19(27)33-12-32-18(26)15-22(4,5)34(29,30)17-14(16(25)24(15)17)23-20(28)31-11-13-9-7-6-8-10-13/h6-10,14-15,17H,11-12H2,1-5H3,(H,23,28)/t14?,15-,17+/m0/s1. The fourth-order valence-electron chi connectivity index (χ4n) is 3.75. The second kappa shape index (κ2) is 8.90. The van der Waals surface area contributed by atoms with Crippen molar-refractivity contribution in [3.63, 3.8) is 0 Å². The van der Waals surface area contributed by atoms with Crippen molar-refractivity contribution in [2.45, 2.75) is 63.4 Å². The fraction of sp³-hybridized carbons (Fsp3) is 0.545. The number of rotatable bonds is 6. The van der Waals surface area contributed by atoms with Crippen LogP contribution < -0.4 is 5.32 Å². The summed E-state index contributed by atoms with van der Waals surface area (Å²) in [6.45, 7) is 6.66. The van der Waals surface area contributed by atoms with E-state index in [4.69, 9.17) is 14.2 Å². The Labute approximate surface area is 197 Å². The summed E-state index contributed by atoms with van der Waals surface area (Å²) in [6, 6.07) is 5.94. The lowest BCUT2D eigenvalue weighted by Gasteiger charge is -2.42. The average molecular weight is 497 g/mol. The number of hydrogen-bond donors (Lipinski definition) is 1. The number of β-lactam (4-membered cyclic amide) rings is 1. The summed E-state index contributed by atoms with van der Waals surface area (Å²) in [4.78, 5) is 50.4. The maximum Gasteiger partial charge on any atom is 0.408 e. The van der Waals surface area contributed by atoms with E-state index in [2.05, 4.69) is 5.32 Å². The van der Waals surface area contributed by atoms with E-state index in [-0.39, 0.29) is 6.61 Å². The van der Waals surface area contributed by atoms with Crippen LogP contribution in [0.3, 0.4) is 0 Å². The van der Waals surface area contributed by atoms with Crippen molar-refractivity contribution in [1.29, 1.82) is 0 Å². The molecule has 1 unspecified atom stereocenters.